The lowest BCUT2D eigenvalue weighted by molar-refractivity contribution is 0.102. The van der Waals surface area contributed by atoms with Crippen LogP contribution in [-0.2, 0) is 0 Å². The van der Waals surface area contributed by atoms with Crippen molar-refractivity contribution in [2.24, 2.45) is 0 Å². The van der Waals surface area contributed by atoms with Crippen molar-refractivity contribution >= 4 is 46.4 Å². The van der Waals surface area contributed by atoms with Crippen molar-refractivity contribution < 1.29 is 9.18 Å². The van der Waals surface area contributed by atoms with Gasteiger partial charge in [-0.2, -0.15) is 0 Å². The Hall–Kier alpha value is -2.70. The first-order chi connectivity index (χ1) is 12.0. The third kappa shape index (κ3) is 4.23. The van der Waals surface area contributed by atoms with E-state index in [0.29, 0.717) is 21.4 Å². The molecule has 5 nitrogen and oxygen atoms in total. The molecule has 0 aliphatic rings. The SMILES string of the molecule is O=C(Nc1c(Cl)cccc1Cl)c1ccnc(Nc2cccc(F)c2)n1. The summed E-state index contributed by atoms with van der Waals surface area (Å²) in [5, 5.41) is 6.07. The van der Waals surface area contributed by atoms with Crippen LogP contribution in [0.25, 0.3) is 0 Å². The minimum absolute atomic E-state index is 0.102. The molecule has 1 amide bonds. The molecule has 0 aliphatic carbocycles. The molecule has 8 heteroatoms. The first kappa shape index (κ1) is 17.1. The molecule has 3 aromatic rings. The Bertz CT molecular complexity index is 916. The number of amides is 1. The minimum Gasteiger partial charge on any atom is -0.324 e. The second kappa shape index (κ2) is 7.46. The van der Waals surface area contributed by atoms with Gasteiger partial charge in [0.1, 0.15) is 11.5 Å². The Labute approximate surface area is 152 Å². The van der Waals surface area contributed by atoms with E-state index in [0.717, 1.165) is 0 Å². The maximum atomic E-state index is 13.2. The highest BCUT2D eigenvalue weighted by Gasteiger charge is 2.13. The van der Waals surface area contributed by atoms with E-state index in [1.54, 1.807) is 30.3 Å². The summed E-state index contributed by atoms with van der Waals surface area (Å²) in [6.45, 7) is 0. The van der Waals surface area contributed by atoms with Gasteiger partial charge in [0, 0.05) is 11.9 Å². The highest BCUT2D eigenvalue weighted by molar-refractivity contribution is 6.40. The van der Waals surface area contributed by atoms with Crippen molar-refractivity contribution in [3.8, 4) is 0 Å². The van der Waals surface area contributed by atoms with Gasteiger partial charge >= 0.3 is 0 Å². The molecule has 0 atom stereocenters. The quantitative estimate of drug-likeness (QED) is 0.678. The number of nitrogens with zero attached hydrogens (tertiary/aromatic N) is 2. The van der Waals surface area contributed by atoms with Gasteiger partial charge in [-0.3, -0.25) is 4.79 Å². The van der Waals surface area contributed by atoms with Crippen LogP contribution in [0.2, 0.25) is 10.0 Å². The molecular formula is C17H11Cl2FN4O. The van der Waals surface area contributed by atoms with Gasteiger partial charge < -0.3 is 10.6 Å². The number of para-hydroxylation sites is 1. The van der Waals surface area contributed by atoms with Crippen LogP contribution in [0.15, 0.2) is 54.7 Å². The first-order valence-corrected chi connectivity index (χ1v) is 7.89. The molecule has 0 saturated heterocycles. The van der Waals surface area contributed by atoms with Gasteiger partial charge in [0.25, 0.3) is 5.91 Å². The van der Waals surface area contributed by atoms with E-state index in [1.165, 1.54) is 24.4 Å². The van der Waals surface area contributed by atoms with Crippen molar-refractivity contribution in [2.45, 2.75) is 0 Å². The number of hydrogen-bond donors (Lipinski definition) is 2. The number of nitrogens with one attached hydrogen (secondary N) is 2. The molecule has 0 saturated carbocycles. The molecule has 0 aliphatic heterocycles. The fraction of sp³-hybridized carbons (Fsp3) is 0. The van der Waals surface area contributed by atoms with Crippen LogP contribution in [0.4, 0.5) is 21.7 Å². The lowest BCUT2D eigenvalue weighted by Gasteiger charge is -2.09. The van der Waals surface area contributed by atoms with Crippen molar-refractivity contribution in [3.63, 3.8) is 0 Å². The van der Waals surface area contributed by atoms with Gasteiger partial charge in [-0.05, 0) is 36.4 Å². The van der Waals surface area contributed by atoms with Gasteiger partial charge in [-0.25, -0.2) is 14.4 Å². The number of hydrogen-bond acceptors (Lipinski definition) is 4. The predicted molar refractivity (Wildman–Crippen MR) is 96.1 cm³/mol. The first-order valence-electron chi connectivity index (χ1n) is 7.14. The number of halogens is 3. The monoisotopic (exact) mass is 376 g/mol. The fourth-order valence-corrected chi connectivity index (χ4v) is 2.53. The Balaban J connectivity index is 1.80. The Morgan fingerprint density at radius 2 is 1.76 bits per heavy atom. The summed E-state index contributed by atoms with van der Waals surface area (Å²) in [6.07, 6.45) is 1.41. The summed E-state index contributed by atoms with van der Waals surface area (Å²) in [5.74, 6) is -0.740. The van der Waals surface area contributed by atoms with Crippen LogP contribution in [0.5, 0.6) is 0 Å². The molecule has 1 aromatic heterocycles. The molecule has 25 heavy (non-hydrogen) atoms. The number of rotatable bonds is 4. The maximum absolute atomic E-state index is 13.2. The Kier molecular flexibility index (Phi) is 5.11. The zero-order chi connectivity index (χ0) is 17.8. The van der Waals surface area contributed by atoms with Gasteiger partial charge in [-0.1, -0.05) is 35.3 Å². The van der Waals surface area contributed by atoms with E-state index in [1.807, 2.05) is 0 Å². The normalized spacial score (nSPS) is 10.4. The molecule has 2 aromatic carbocycles. The molecule has 0 bridgehead atoms. The van der Waals surface area contributed by atoms with Crippen LogP contribution < -0.4 is 10.6 Å². The number of carbonyl (C=O) groups is 1. The lowest BCUT2D eigenvalue weighted by atomic mass is 10.3. The van der Waals surface area contributed by atoms with E-state index >= 15 is 0 Å². The van der Waals surface area contributed by atoms with E-state index in [2.05, 4.69) is 20.6 Å². The Morgan fingerprint density at radius 1 is 1.04 bits per heavy atom. The summed E-state index contributed by atoms with van der Waals surface area (Å²) < 4.78 is 13.2. The van der Waals surface area contributed by atoms with Crippen LogP contribution in [0.1, 0.15) is 10.5 Å². The van der Waals surface area contributed by atoms with Crippen molar-refractivity contribution in [3.05, 3.63) is 76.3 Å². The Morgan fingerprint density at radius 3 is 2.48 bits per heavy atom. The van der Waals surface area contributed by atoms with Crippen LogP contribution in [0.3, 0.4) is 0 Å². The summed E-state index contributed by atoms with van der Waals surface area (Å²) in [5.41, 5.74) is 0.866. The van der Waals surface area contributed by atoms with E-state index in [-0.39, 0.29) is 11.6 Å². The number of benzene rings is 2. The lowest BCUT2D eigenvalue weighted by Crippen LogP contribution is -2.15. The summed E-state index contributed by atoms with van der Waals surface area (Å²) >= 11 is 12.1. The van der Waals surface area contributed by atoms with Gasteiger partial charge in [0.15, 0.2) is 0 Å². The highest BCUT2D eigenvalue weighted by atomic mass is 35.5. The molecule has 126 valence electrons. The maximum Gasteiger partial charge on any atom is 0.274 e. The van der Waals surface area contributed by atoms with E-state index in [9.17, 15) is 9.18 Å². The van der Waals surface area contributed by atoms with Crippen LogP contribution in [-0.4, -0.2) is 15.9 Å². The molecule has 1 heterocycles. The second-order valence-corrected chi connectivity index (χ2v) is 5.77. The molecule has 3 rings (SSSR count). The third-order valence-corrected chi connectivity index (χ3v) is 3.80. The number of aromatic nitrogens is 2. The smallest absolute Gasteiger partial charge is 0.274 e. The van der Waals surface area contributed by atoms with Gasteiger partial charge in [-0.15, -0.1) is 0 Å². The van der Waals surface area contributed by atoms with E-state index < -0.39 is 11.7 Å². The average Bonchev–Trinajstić information content (AvgIpc) is 2.58. The molecule has 2 N–H and O–H groups in total. The third-order valence-electron chi connectivity index (χ3n) is 3.17. The fourth-order valence-electron chi connectivity index (χ4n) is 2.04. The zero-order valence-electron chi connectivity index (χ0n) is 12.6. The molecule has 0 fully saturated rings. The standard InChI is InChI=1S/C17H11Cl2FN4O/c18-12-5-2-6-13(19)15(12)24-16(25)14-7-8-21-17(23-14)22-11-4-1-3-10(20)9-11/h1-9H,(H,24,25)(H,21,22,23). The second-order valence-electron chi connectivity index (χ2n) is 4.95. The van der Waals surface area contributed by atoms with E-state index in [4.69, 9.17) is 23.2 Å². The molecular weight excluding hydrogens is 366 g/mol. The molecule has 0 radical (unpaired) electrons. The number of carbonyl (C=O) groups excluding carboxylic acids is 1. The van der Waals surface area contributed by atoms with Crippen molar-refractivity contribution in [1.82, 2.24) is 9.97 Å². The minimum atomic E-state index is -0.500. The summed E-state index contributed by atoms with van der Waals surface area (Å²) in [6, 6.07) is 12.2. The van der Waals surface area contributed by atoms with Crippen molar-refractivity contribution in [2.75, 3.05) is 10.6 Å². The average molecular weight is 377 g/mol. The highest BCUT2D eigenvalue weighted by Crippen LogP contribution is 2.30. The van der Waals surface area contributed by atoms with Gasteiger partial charge in [0.05, 0.1) is 15.7 Å². The van der Waals surface area contributed by atoms with Crippen LogP contribution >= 0.6 is 23.2 Å². The van der Waals surface area contributed by atoms with Crippen molar-refractivity contribution in [1.29, 1.82) is 0 Å². The van der Waals surface area contributed by atoms with Crippen LogP contribution in [0, 0.1) is 5.82 Å². The zero-order valence-corrected chi connectivity index (χ0v) is 14.1. The molecule has 0 unspecified atom stereocenters. The topological polar surface area (TPSA) is 66.9 Å². The number of anilines is 3. The largest absolute Gasteiger partial charge is 0.324 e. The summed E-state index contributed by atoms with van der Waals surface area (Å²) in [4.78, 5) is 20.5. The molecule has 0 spiro atoms. The van der Waals surface area contributed by atoms with Gasteiger partial charge in [0.2, 0.25) is 5.95 Å². The summed E-state index contributed by atoms with van der Waals surface area (Å²) in [7, 11) is 0. The predicted octanol–water partition coefficient (Wildman–Crippen LogP) is 4.92.